The van der Waals surface area contributed by atoms with E-state index in [0.717, 1.165) is 42.0 Å². The largest absolute Gasteiger partial charge is 0.331 e. The van der Waals surface area contributed by atoms with Crippen LogP contribution in [0, 0.1) is 0 Å². The molecule has 1 aliphatic rings. The zero-order valence-electron chi connectivity index (χ0n) is 11.6. The normalized spacial score (nSPS) is 15.1. The summed E-state index contributed by atoms with van der Waals surface area (Å²) in [5, 5.41) is 0. The van der Waals surface area contributed by atoms with Crippen molar-refractivity contribution in [2.75, 3.05) is 31.1 Å². The molecule has 1 aromatic carbocycles. The number of carbonyl (C=O) groups is 1. The number of aromatic amines is 1. The zero-order chi connectivity index (χ0) is 14.7. The fourth-order valence-corrected chi connectivity index (χ4v) is 2.77. The Hall–Kier alpha value is -1.88. The molecule has 0 atom stereocenters. The van der Waals surface area contributed by atoms with Gasteiger partial charge in [0.05, 0.1) is 19.3 Å². The first-order chi connectivity index (χ1) is 10.2. The average Bonchev–Trinajstić information content (AvgIpc) is 2.56. The van der Waals surface area contributed by atoms with Gasteiger partial charge in [-0.2, -0.15) is 0 Å². The van der Waals surface area contributed by atoms with Crippen LogP contribution < -0.4 is 9.88 Å². The molecule has 1 saturated heterocycles. The third-order valence-electron chi connectivity index (χ3n) is 3.69. The summed E-state index contributed by atoms with van der Waals surface area (Å²) in [6, 6.07) is 13.6. The number of anilines is 1. The van der Waals surface area contributed by atoms with E-state index in [1.54, 1.807) is 0 Å². The third-order valence-corrected chi connectivity index (χ3v) is 4.22. The maximum absolute atomic E-state index is 12.4. The van der Waals surface area contributed by atoms with Crippen LogP contribution >= 0.6 is 15.9 Å². The summed E-state index contributed by atoms with van der Waals surface area (Å²) in [5.41, 5.74) is 0.748. The van der Waals surface area contributed by atoms with E-state index in [2.05, 4.69) is 31.9 Å². The first kappa shape index (κ1) is 14.1. The van der Waals surface area contributed by atoms with E-state index < -0.39 is 0 Å². The summed E-state index contributed by atoms with van der Waals surface area (Å²) >= 11 is 3.39. The first-order valence-corrected chi connectivity index (χ1v) is 7.80. The Morgan fingerprint density at radius 1 is 1.00 bits per heavy atom. The van der Waals surface area contributed by atoms with E-state index >= 15 is 0 Å². The lowest BCUT2D eigenvalue weighted by Gasteiger charge is -2.31. The molecule has 0 spiro atoms. The molecular weight excluding hydrogens is 330 g/mol. The number of piperazine rings is 1. The number of H-pyrrole nitrogens is 1. The van der Waals surface area contributed by atoms with E-state index in [-0.39, 0.29) is 5.91 Å². The fourth-order valence-electron chi connectivity index (χ4n) is 2.51. The summed E-state index contributed by atoms with van der Waals surface area (Å²) < 4.78 is 0.989. The number of hydrogen-bond donors (Lipinski definition) is 0. The van der Waals surface area contributed by atoms with Crippen molar-refractivity contribution in [2.24, 2.45) is 0 Å². The lowest BCUT2D eigenvalue weighted by atomic mass is 10.2. The quantitative estimate of drug-likeness (QED) is 0.836. The average molecular weight is 347 g/mol. The van der Waals surface area contributed by atoms with Gasteiger partial charge >= 0.3 is 0 Å². The number of nitrogens with zero attached hydrogens (tertiary/aromatic N) is 2. The van der Waals surface area contributed by atoms with Crippen LogP contribution in [-0.2, 0) is 0 Å². The van der Waals surface area contributed by atoms with Crippen molar-refractivity contribution in [3.05, 3.63) is 58.7 Å². The van der Waals surface area contributed by atoms with Gasteiger partial charge in [0, 0.05) is 16.1 Å². The molecule has 4 nitrogen and oxygen atoms in total. The van der Waals surface area contributed by atoms with Crippen molar-refractivity contribution in [1.29, 1.82) is 0 Å². The molecule has 0 saturated carbocycles. The zero-order valence-corrected chi connectivity index (χ0v) is 13.2. The molecule has 21 heavy (non-hydrogen) atoms. The van der Waals surface area contributed by atoms with E-state index in [4.69, 9.17) is 0 Å². The number of rotatable bonds is 2. The number of benzene rings is 1. The lowest BCUT2D eigenvalue weighted by Crippen LogP contribution is -2.50. The van der Waals surface area contributed by atoms with Crippen molar-refractivity contribution in [3.63, 3.8) is 0 Å². The molecule has 1 amide bonds. The molecule has 108 valence electrons. The summed E-state index contributed by atoms with van der Waals surface area (Å²) in [6.45, 7) is 3.20. The van der Waals surface area contributed by atoms with Gasteiger partial charge in [-0.1, -0.05) is 22.0 Å². The van der Waals surface area contributed by atoms with Crippen LogP contribution in [0.15, 0.2) is 53.1 Å². The number of halogens is 1. The SMILES string of the molecule is O=C(c1ccc(Br)cc1)N1CCN(c2cccc[nH+]2)CC1. The van der Waals surface area contributed by atoms with Crippen LogP contribution in [-0.4, -0.2) is 37.0 Å². The maximum atomic E-state index is 12.4. The maximum Gasteiger partial charge on any atom is 0.274 e. The van der Waals surface area contributed by atoms with E-state index in [0.29, 0.717) is 0 Å². The number of aromatic nitrogens is 1. The number of pyridine rings is 1. The molecule has 2 heterocycles. The third kappa shape index (κ3) is 3.24. The summed E-state index contributed by atoms with van der Waals surface area (Å²) in [4.78, 5) is 19.9. The van der Waals surface area contributed by atoms with Crippen molar-refractivity contribution < 1.29 is 9.78 Å². The Kier molecular flexibility index (Phi) is 4.20. The topological polar surface area (TPSA) is 37.7 Å². The van der Waals surface area contributed by atoms with Gasteiger partial charge in [-0.15, -0.1) is 0 Å². The van der Waals surface area contributed by atoms with Crippen LogP contribution in [0.5, 0.6) is 0 Å². The van der Waals surface area contributed by atoms with E-state index in [1.807, 2.05) is 47.5 Å². The molecule has 0 unspecified atom stereocenters. The molecule has 1 aliphatic heterocycles. The van der Waals surface area contributed by atoms with Crippen molar-refractivity contribution in [3.8, 4) is 0 Å². The fraction of sp³-hybridized carbons (Fsp3) is 0.250. The number of amides is 1. The Balaban J connectivity index is 1.63. The molecule has 0 bridgehead atoms. The highest BCUT2D eigenvalue weighted by Gasteiger charge is 2.26. The minimum atomic E-state index is 0.110. The number of carbonyl (C=O) groups excluding carboxylic acids is 1. The van der Waals surface area contributed by atoms with Gasteiger partial charge in [-0.3, -0.25) is 9.69 Å². The second-order valence-corrected chi connectivity index (χ2v) is 5.95. The first-order valence-electron chi connectivity index (χ1n) is 7.00. The second-order valence-electron chi connectivity index (χ2n) is 5.03. The minimum absolute atomic E-state index is 0.110. The Morgan fingerprint density at radius 2 is 1.71 bits per heavy atom. The molecule has 5 heteroatoms. The number of nitrogens with one attached hydrogen (secondary N) is 1. The molecule has 2 aromatic rings. The Labute approximate surface area is 132 Å². The van der Waals surface area contributed by atoms with Gasteiger partial charge in [0.15, 0.2) is 0 Å². The van der Waals surface area contributed by atoms with Crippen molar-refractivity contribution >= 4 is 27.7 Å². The lowest BCUT2D eigenvalue weighted by molar-refractivity contribution is -0.364. The molecular formula is C16H17BrN3O+. The van der Waals surface area contributed by atoms with Gasteiger partial charge in [0.25, 0.3) is 11.7 Å². The molecule has 0 radical (unpaired) electrons. The van der Waals surface area contributed by atoms with Crippen LogP contribution in [0.4, 0.5) is 5.82 Å². The van der Waals surface area contributed by atoms with Crippen LogP contribution in [0.1, 0.15) is 10.4 Å². The van der Waals surface area contributed by atoms with Crippen LogP contribution in [0.2, 0.25) is 0 Å². The van der Waals surface area contributed by atoms with Crippen LogP contribution in [0.3, 0.4) is 0 Å². The summed E-state index contributed by atoms with van der Waals surface area (Å²) in [5.74, 6) is 1.22. The number of hydrogen-bond acceptors (Lipinski definition) is 2. The predicted octanol–water partition coefficient (Wildman–Crippen LogP) is 2.23. The highest BCUT2D eigenvalue weighted by molar-refractivity contribution is 9.10. The van der Waals surface area contributed by atoms with E-state index in [1.165, 1.54) is 0 Å². The smallest absolute Gasteiger partial charge is 0.274 e. The predicted molar refractivity (Wildman–Crippen MR) is 85.3 cm³/mol. The van der Waals surface area contributed by atoms with Gasteiger partial charge in [0.2, 0.25) is 0 Å². The summed E-state index contributed by atoms with van der Waals surface area (Å²) in [6.07, 6.45) is 1.93. The highest BCUT2D eigenvalue weighted by Crippen LogP contribution is 2.15. The molecule has 1 N–H and O–H groups in total. The molecule has 1 aromatic heterocycles. The Morgan fingerprint density at radius 3 is 2.33 bits per heavy atom. The second kappa shape index (κ2) is 6.26. The Bertz CT molecular complexity index is 607. The van der Waals surface area contributed by atoms with Crippen LogP contribution in [0.25, 0.3) is 0 Å². The molecule has 0 aliphatic carbocycles. The summed E-state index contributed by atoms with van der Waals surface area (Å²) in [7, 11) is 0. The van der Waals surface area contributed by atoms with Crippen molar-refractivity contribution in [1.82, 2.24) is 4.90 Å². The van der Waals surface area contributed by atoms with Gasteiger partial charge < -0.3 is 4.90 Å². The monoisotopic (exact) mass is 346 g/mol. The molecule has 3 rings (SSSR count). The van der Waals surface area contributed by atoms with Gasteiger partial charge in [0.1, 0.15) is 13.1 Å². The van der Waals surface area contributed by atoms with Gasteiger partial charge in [-0.25, -0.2) is 4.98 Å². The van der Waals surface area contributed by atoms with Gasteiger partial charge in [-0.05, 0) is 30.3 Å². The highest BCUT2D eigenvalue weighted by atomic mass is 79.9. The van der Waals surface area contributed by atoms with Crippen molar-refractivity contribution in [2.45, 2.75) is 0 Å². The molecule has 1 fully saturated rings. The standard InChI is InChI=1S/C16H16BrN3O/c17-14-6-4-13(5-7-14)16(21)20-11-9-19(10-12-20)15-3-1-2-8-18-15/h1-8H,9-12H2/p+1. The van der Waals surface area contributed by atoms with E-state index in [9.17, 15) is 4.79 Å². The minimum Gasteiger partial charge on any atom is -0.331 e.